The normalized spacial score (nSPS) is 14.6. The number of nitrogens with zero attached hydrogens (tertiary/aromatic N) is 3. The average Bonchev–Trinajstić information content (AvgIpc) is 2.55. The summed E-state index contributed by atoms with van der Waals surface area (Å²) in [4.78, 5) is 22.7. The van der Waals surface area contributed by atoms with Crippen molar-refractivity contribution in [3.05, 3.63) is 46.2 Å². The number of anilines is 2. The average molecular weight is 353 g/mol. The van der Waals surface area contributed by atoms with E-state index >= 15 is 0 Å². The highest BCUT2D eigenvalue weighted by atomic mass is 35.5. The third kappa shape index (κ3) is 4.10. The maximum Gasteiger partial charge on any atom is 0.258 e. The Morgan fingerprint density at radius 2 is 1.70 bits per heavy atom. The summed E-state index contributed by atoms with van der Waals surface area (Å²) in [5, 5.41) is 3.62. The van der Waals surface area contributed by atoms with Gasteiger partial charge in [0.05, 0.1) is 18.8 Å². The summed E-state index contributed by atoms with van der Waals surface area (Å²) >= 11 is 11.8. The van der Waals surface area contributed by atoms with Gasteiger partial charge in [0, 0.05) is 41.2 Å². The van der Waals surface area contributed by atoms with E-state index in [2.05, 4.69) is 15.3 Å². The van der Waals surface area contributed by atoms with Gasteiger partial charge in [-0.05, 0) is 18.2 Å². The first-order valence-electron chi connectivity index (χ1n) is 7.04. The number of carbonyl (C=O) groups excluding carboxylic acids is 1. The number of morpholine rings is 1. The Hall–Kier alpha value is -1.89. The van der Waals surface area contributed by atoms with E-state index in [-0.39, 0.29) is 5.91 Å². The molecule has 0 aliphatic carbocycles. The molecule has 8 heteroatoms. The van der Waals surface area contributed by atoms with Crippen LogP contribution in [-0.2, 0) is 4.74 Å². The molecule has 0 saturated carbocycles. The number of aromatic nitrogens is 2. The van der Waals surface area contributed by atoms with Crippen LogP contribution in [0.15, 0.2) is 30.6 Å². The number of hydrogen-bond acceptors (Lipinski definition) is 5. The Bertz CT molecular complexity index is 683. The van der Waals surface area contributed by atoms with Gasteiger partial charge in [-0.3, -0.25) is 4.79 Å². The van der Waals surface area contributed by atoms with Crippen LogP contribution in [0.3, 0.4) is 0 Å². The molecule has 2 heterocycles. The van der Waals surface area contributed by atoms with Crippen molar-refractivity contribution in [2.75, 3.05) is 36.5 Å². The van der Waals surface area contributed by atoms with E-state index < -0.39 is 0 Å². The predicted octanol–water partition coefficient (Wildman–Crippen LogP) is 2.87. The molecule has 23 heavy (non-hydrogen) atoms. The van der Waals surface area contributed by atoms with Crippen molar-refractivity contribution in [2.24, 2.45) is 0 Å². The first-order valence-corrected chi connectivity index (χ1v) is 7.79. The van der Waals surface area contributed by atoms with Crippen molar-refractivity contribution in [3.8, 4) is 0 Å². The smallest absolute Gasteiger partial charge is 0.258 e. The van der Waals surface area contributed by atoms with Gasteiger partial charge in [-0.15, -0.1) is 0 Å². The second-order valence-corrected chi connectivity index (χ2v) is 5.86. The number of ether oxygens (including phenoxy) is 1. The fraction of sp³-hybridized carbons (Fsp3) is 0.267. The summed E-state index contributed by atoms with van der Waals surface area (Å²) in [6.07, 6.45) is 3.00. The predicted molar refractivity (Wildman–Crippen MR) is 89.5 cm³/mol. The van der Waals surface area contributed by atoms with Crippen LogP contribution in [0.5, 0.6) is 0 Å². The third-order valence-electron chi connectivity index (χ3n) is 3.31. The molecule has 0 atom stereocenters. The molecule has 1 fully saturated rings. The minimum atomic E-state index is -0.322. The molecule has 1 aliphatic heterocycles. The van der Waals surface area contributed by atoms with Gasteiger partial charge in [-0.2, -0.15) is 0 Å². The Balaban J connectivity index is 1.69. The molecule has 0 unspecified atom stereocenters. The highest BCUT2D eigenvalue weighted by molar-refractivity contribution is 6.35. The van der Waals surface area contributed by atoms with E-state index in [4.69, 9.17) is 27.9 Å². The second kappa shape index (κ2) is 7.12. The van der Waals surface area contributed by atoms with Crippen molar-refractivity contribution in [2.45, 2.75) is 0 Å². The summed E-state index contributed by atoms with van der Waals surface area (Å²) < 4.78 is 5.29. The van der Waals surface area contributed by atoms with Gasteiger partial charge in [-0.1, -0.05) is 23.2 Å². The van der Waals surface area contributed by atoms with E-state index in [1.54, 1.807) is 18.2 Å². The second-order valence-electron chi connectivity index (χ2n) is 4.98. The number of rotatable bonds is 3. The molecule has 1 aromatic carbocycles. The molecule has 1 N–H and O–H groups in total. The van der Waals surface area contributed by atoms with Crippen molar-refractivity contribution in [3.63, 3.8) is 0 Å². The zero-order valence-corrected chi connectivity index (χ0v) is 13.6. The molecule has 0 spiro atoms. The Kier molecular flexibility index (Phi) is 4.95. The Morgan fingerprint density at radius 1 is 1.09 bits per heavy atom. The van der Waals surface area contributed by atoms with Gasteiger partial charge in [0.15, 0.2) is 0 Å². The van der Waals surface area contributed by atoms with Crippen LogP contribution in [0, 0.1) is 0 Å². The van der Waals surface area contributed by atoms with Crippen LogP contribution in [0.2, 0.25) is 10.0 Å². The first-order chi connectivity index (χ1) is 11.1. The molecule has 0 bridgehead atoms. The number of benzene rings is 1. The van der Waals surface area contributed by atoms with Gasteiger partial charge in [0.2, 0.25) is 5.95 Å². The summed E-state index contributed by atoms with van der Waals surface area (Å²) in [6, 6.07) is 4.83. The maximum atomic E-state index is 12.2. The molecular weight excluding hydrogens is 339 g/mol. The Labute approximate surface area is 143 Å². The van der Waals surface area contributed by atoms with Crippen molar-refractivity contribution in [1.29, 1.82) is 0 Å². The van der Waals surface area contributed by atoms with E-state index in [1.807, 2.05) is 4.90 Å². The Morgan fingerprint density at radius 3 is 2.30 bits per heavy atom. The van der Waals surface area contributed by atoms with E-state index in [0.717, 1.165) is 13.1 Å². The maximum absolute atomic E-state index is 12.2. The van der Waals surface area contributed by atoms with Crippen molar-refractivity contribution < 1.29 is 9.53 Å². The largest absolute Gasteiger partial charge is 0.378 e. The van der Waals surface area contributed by atoms with Gasteiger partial charge in [0.25, 0.3) is 5.91 Å². The highest BCUT2D eigenvalue weighted by Gasteiger charge is 2.15. The molecule has 1 aromatic heterocycles. The molecular formula is C15H14Cl2N4O2. The van der Waals surface area contributed by atoms with Gasteiger partial charge in [0.1, 0.15) is 0 Å². The van der Waals surface area contributed by atoms with Gasteiger partial charge < -0.3 is 15.0 Å². The monoisotopic (exact) mass is 352 g/mol. The first kappa shape index (κ1) is 16.0. The van der Waals surface area contributed by atoms with Gasteiger partial charge in [-0.25, -0.2) is 9.97 Å². The quantitative estimate of drug-likeness (QED) is 0.919. The fourth-order valence-corrected chi connectivity index (χ4v) is 2.72. The summed E-state index contributed by atoms with van der Waals surface area (Å²) in [7, 11) is 0. The lowest BCUT2D eigenvalue weighted by Crippen LogP contribution is -2.37. The number of halogens is 2. The zero-order valence-electron chi connectivity index (χ0n) is 12.1. The molecule has 1 aliphatic rings. The minimum absolute atomic E-state index is 0.322. The van der Waals surface area contributed by atoms with E-state index in [0.29, 0.717) is 40.5 Å². The SMILES string of the molecule is O=C(Nc1cc(Cl)cc(Cl)c1)c1cnc(N2CCOCC2)nc1. The van der Waals surface area contributed by atoms with Crippen molar-refractivity contribution in [1.82, 2.24) is 9.97 Å². The number of carbonyl (C=O) groups is 1. The molecule has 120 valence electrons. The third-order valence-corrected chi connectivity index (χ3v) is 3.75. The summed E-state index contributed by atoms with van der Waals surface area (Å²) in [5.74, 6) is 0.271. The molecule has 6 nitrogen and oxygen atoms in total. The van der Waals surface area contributed by atoms with E-state index in [1.165, 1.54) is 12.4 Å². The standard InChI is InChI=1S/C15H14Cl2N4O2/c16-11-5-12(17)7-13(6-11)20-14(22)10-8-18-15(19-9-10)21-1-3-23-4-2-21/h5-9H,1-4H2,(H,20,22). The lowest BCUT2D eigenvalue weighted by Gasteiger charge is -2.26. The van der Waals surface area contributed by atoms with Crippen molar-refractivity contribution >= 4 is 40.7 Å². The lowest BCUT2D eigenvalue weighted by molar-refractivity contribution is 0.102. The molecule has 0 radical (unpaired) electrons. The fourth-order valence-electron chi connectivity index (χ4n) is 2.19. The summed E-state index contributed by atoms with van der Waals surface area (Å²) in [5.41, 5.74) is 0.878. The van der Waals surface area contributed by atoms with E-state index in [9.17, 15) is 4.79 Å². The summed E-state index contributed by atoms with van der Waals surface area (Å²) in [6.45, 7) is 2.79. The highest BCUT2D eigenvalue weighted by Crippen LogP contribution is 2.22. The van der Waals surface area contributed by atoms with Crippen LogP contribution >= 0.6 is 23.2 Å². The number of nitrogens with one attached hydrogen (secondary N) is 1. The molecule has 2 aromatic rings. The number of hydrogen-bond donors (Lipinski definition) is 1. The van der Waals surface area contributed by atoms with Crippen LogP contribution in [0.25, 0.3) is 0 Å². The molecule has 1 amide bonds. The zero-order chi connectivity index (χ0) is 16.2. The molecule has 1 saturated heterocycles. The van der Waals surface area contributed by atoms with Crippen LogP contribution in [-0.4, -0.2) is 42.2 Å². The van der Waals surface area contributed by atoms with Crippen LogP contribution in [0.4, 0.5) is 11.6 Å². The van der Waals surface area contributed by atoms with Crippen LogP contribution in [0.1, 0.15) is 10.4 Å². The minimum Gasteiger partial charge on any atom is -0.378 e. The van der Waals surface area contributed by atoms with Crippen LogP contribution < -0.4 is 10.2 Å². The molecule has 3 rings (SSSR count). The topological polar surface area (TPSA) is 67.4 Å². The lowest BCUT2D eigenvalue weighted by atomic mass is 10.2. The van der Waals surface area contributed by atoms with Gasteiger partial charge >= 0.3 is 0 Å². The number of amides is 1.